The largest absolute Gasteiger partial charge is 0.323 e. The van der Waals surface area contributed by atoms with Crippen LogP contribution < -0.4 is 10.6 Å². The molecule has 4 nitrogen and oxygen atoms in total. The molecule has 0 saturated carbocycles. The topological polar surface area (TPSA) is 54.0 Å². The second kappa shape index (κ2) is 7.03. The number of nitrogens with one attached hydrogen (secondary N) is 2. The molecule has 6 heteroatoms. The van der Waals surface area contributed by atoms with Gasteiger partial charge in [0.25, 0.3) is 0 Å². The van der Waals surface area contributed by atoms with Gasteiger partial charge in [0.15, 0.2) is 0 Å². The summed E-state index contributed by atoms with van der Waals surface area (Å²) in [6.07, 6.45) is 0. The second-order valence-corrected chi connectivity index (χ2v) is 6.86. The summed E-state index contributed by atoms with van der Waals surface area (Å²) in [6.45, 7) is 3.92. The Hall–Kier alpha value is -2.37. The lowest BCUT2D eigenvalue weighted by Crippen LogP contribution is -2.19. The number of carbonyl (C=O) groups is 1. The third-order valence-corrected chi connectivity index (χ3v) is 4.52. The number of aryl methyl sites for hydroxylation is 2. The molecule has 0 unspecified atom stereocenters. The highest BCUT2D eigenvalue weighted by Gasteiger charge is 2.07. The smallest absolute Gasteiger partial charge is 0.308 e. The molecule has 3 rings (SSSR count). The van der Waals surface area contributed by atoms with Crippen molar-refractivity contribution in [2.75, 3.05) is 10.6 Å². The van der Waals surface area contributed by atoms with Crippen LogP contribution in [0, 0.1) is 13.8 Å². The van der Waals surface area contributed by atoms with E-state index < -0.39 is 0 Å². The molecule has 0 spiro atoms. The molecule has 0 bridgehead atoms. The van der Waals surface area contributed by atoms with Gasteiger partial charge in [0.05, 0.1) is 21.4 Å². The first kappa shape index (κ1) is 16.5. The number of halogens is 1. The molecule has 0 atom stereocenters. The monoisotopic (exact) mass is 357 g/mol. The summed E-state index contributed by atoms with van der Waals surface area (Å²) >= 11 is 7.73. The third-order valence-electron chi connectivity index (χ3n) is 3.43. The van der Waals surface area contributed by atoms with Crippen molar-refractivity contribution >= 4 is 40.3 Å². The number of rotatable bonds is 3. The maximum Gasteiger partial charge on any atom is 0.323 e. The van der Waals surface area contributed by atoms with Gasteiger partial charge in [0.1, 0.15) is 0 Å². The van der Waals surface area contributed by atoms with E-state index in [1.165, 1.54) is 0 Å². The molecular weight excluding hydrogens is 342 g/mol. The first-order valence-electron chi connectivity index (χ1n) is 7.38. The number of urea groups is 1. The van der Waals surface area contributed by atoms with E-state index >= 15 is 0 Å². The van der Waals surface area contributed by atoms with Crippen molar-refractivity contribution in [3.63, 3.8) is 0 Å². The van der Waals surface area contributed by atoms with Gasteiger partial charge in [-0.15, -0.1) is 11.3 Å². The number of amides is 2. The number of anilines is 2. The van der Waals surface area contributed by atoms with Crippen LogP contribution in [0.2, 0.25) is 5.02 Å². The Morgan fingerprint density at radius 1 is 1.08 bits per heavy atom. The summed E-state index contributed by atoms with van der Waals surface area (Å²) in [5.41, 5.74) is 4.28. The van der Waals surface area contributed by atoms with E-state index in [-0.39, 0.29) is 6.03 Å². The molecule has 0 aliphatic heterocycles. The van der Waals surface area contributed by atoms with Crippen molar-refractivity contribution in [1.82, 2.24) is 4.98 Å². The number of hydrogen-bond donors (Lipinski definition) is 2. The predicted octanol–water partition coefficient (Wildman–Crippen LogP) is 5.72. The number of thiazole rings is 1. The fourth-order valence-corrected chi connectivity index (χ4v) is 3.13. The van der Waals surface area contributed by atoms with Gasteiger partial charge in [-0.1, -0.05) is 29.8 Å². The summed E-state index contributed by atoms with van der Waals surface area (Å²) in [4.78, 5) is 16.5. The molecule has 2 N–H and O–H groups in total. The average molecular weight is 358 g/mol. The highest BCUT2D eigenvalue weighted by atomic mass is 35.5. The van der Waals surface area contributed by atoms with Crippen LogP contribution in [0.1, 0.15) is 10.6 Å². The first-order chi connectivity index (χ1) is 11.5. The molecule has 0 aliphatic carbocycles. The zero-order valence-corrected chi connectivity index (χ0v) is 14.8. The van der Waals surface area contributed by atoms with Crippen molar-refractivity contribution in [2.45, 2.75) is 13.8 Å². The minimum absolute atomic E-state index is 0.335. The SMILES string of the molecule is Cc1ccc(NC(=O)Nc2ccc(-c3csc(C)n3)cc2)c(Cl)c1. The van der Waals surface area contributed by atoms with E-state index in [9.17, 15) is 4.79 Å². The van der Waals surface area contributed by atoms with E-state index in [1.54, 1.807) is 17.4 Å². The quantitative estimate of drug-likeness (QED) is 0.629. The van der Waals surface area contributed by atoms with Crippen molar-refractivity contribution in [2.24, 2.45) is 0 Å². The number of nitrogens with zero attached hydrogens (tertiary/aromatic N) is 1. The van der Waals surface area contributed by atoms with Gasteiger partial charge < -0.3 is 10.6 Å². The standard InChI is InChI=1S/C18H16ClN3OS/c1-11-3-8-16(15(19)9-11)22-18(23)21-14-6-4-13(5-7-14)17-10-24-12(2)20-17/h3-10H,1-2H3,(H2,21,22,23). The maximum atomic E-state index is 12.1. The molecule has 3 aromatic rings. The van der Waals surface area contributed by atoms with E-state index in [4.69, 9.17) is 11.6 Å². The zero-order valence-electron chi connectivity index (χ0n) is 13.3. The van der Waals surface area contributed by atoms with Crippen molar-refractivity contribution in [1.29, 1.82) is 0 Å². The van der Waals surface area contributed by atoms with Crippen molar-refractivity contribution in [3.05, 3.63) is 63.4 Å². The van der Waals surface area contributed by atoms with Crippen LogP contribution in [0.4, 0.5) is 16.2 Å². The fourth-order valence-electron chi connectivity index (χ4n) is 2.23. The van der Waals surface area contributed by atoms with Gasteiger partial charge in [-0.05, 0) is 43.7 Å². The lowest BCUT2D eigenvalue weighted by molar-refractivity contribution is 0.262. The van der Waals surface area contributed by atoms with Crippen LogP contribution in [0.3, 0.4) is 0 Å². The summed E-state index contributed by atoms with van der Waals surface area (Å²) in [5, 5.41) is 9.09. The summed E-state index contributed by atoms with van der Waals surface area (Å²) < 4.78 is 0. The first-order valence-corrected chi connectivity index (χ1v) is 8.64. The Kier molecular flexibility index (Phi) is 4.83. The lowest BCUT2D eigenvalue weighted by Gasteiger charge is -2.10. The molecule has 1 heterocycles. The second-order valence-electron chi connectivity index (χ2n) is 5.39. The van der Waals surface area contributed by atoms with Crippen molar-refractivity contribution < 1.29 is 4.79 Å². The van der Waals surface area contributed by atoms with E-state index in [2.05, 4.69) is 15.6 Å². The van der Waals surface area contributed by atoms with Crippen LogP contribution in [0.5, 0.6) is 0 Å². The summed E-state index contributed by atoms with van der Waals surface area (Å²) in [5.74, 6) is 0. The van der Waals surface area contributed by atoms with Crippen LogP contribution >= 0.6 is 22.9 Å². The Balaban J connectivity index is 1.66. The van der Waals surface area contributed by atoms with Crippen molar-refractivity contribution in [3.8, 4) is 11.3 Å². The molecule has 0 aliphatic rings. The normalized spacial score (nSPS) is 10.5. The van der Waals surface area contributed by atoms with E-state index in [1.807, 2.05) is 55.6 Å². The van der Waals surface area contributed by atoms with Gasteiger partial charge >= 0.3 is 6.03 Å². The molecule has 1 aromatic heterocycles. The molecule has 0 saturated heterocycles. The fraction of sp³-hybridized carbons (Fsp3) is 0.111. The minimum atomic E-state index is -0.335. The van der Waals surface area contributed by atoms with Gasteiger partial charge in [-0.3, -0.25) is 0 Å². The van der Waals surface area contributed by atoms with Gasteiger partial charge in [0.2, 0.25) is 0 Å². The van der Waals surface area contributed by atoms with Crippen LogP contribution in [0.15, 0.2) is 47.8 Å². The van der Waals surface area contributed by atoms with E-state index in [0.717, 1.165) is 21.8 Å². The van der Waals surface area contributed by atoms with E-state index in [0.29, 0.717) is 16.4 Å². The summed E-state index contributed by atoms with van der Waals surface area (Å²) in [6, 6.07) is 12.7. The predicted molar refractivity (Wildman–Crippen MR) is 101 cm³/mol. The lowest BCUT2D eigenvalue weighted by atomic mass is 10.1. The highest BCUT2D eigenvalue weighted by Crippen LogP contribution is 2.24. The number of aromatic nitrogens is 1. The molecule has 2 amide bonds. The Morgan fingerprint density at radius 3 is 2.46 bits per heavy atom. The molecule has 0 fully saturated rings. The van der Waals surface area contributed by atoms with Crippen LogP contribution in [-0.2, 0) is 0 Å². The third kappa shape index (κ3) is 3.93. The minimum Gasteiger partial charge on any atom is -0.308 e. The average Bonchev–Trinajstić information content (AvgIpc) is 2.97. The van der Waals surface area contributed by atoms with Crippen LogP contribution in [-0.4, -0.2) is 11.0 Å². The number of benzene rings is 2. The Labute approximate surface area is 149 Å². The number of carbonyl (C=O) groups excluding carboxylic acids is 1. The van der Waals surface area contributed by atoms with Gasteiger partial charge in [-0.25, -0.2) is 9.78 Å². The Bertz CT molecular complexity index is 874. The summed E-state index contributed by atoms with van der Waals surface area (Å²) in [7, 11) is 0. The molecular formula is C18H16ClN3OS. The molecule has 24 heavy (non-hydrogen) atoms. The van der Waals surface area contributed by atoms with Gasteiger partial charge in [0, 0.05) is 16.6 Å². The Morgan fingerprint density at radius 2 is 1.83 bits per heavy atom. The van der Waals surface area contributed by atoms with Gasteiger partial charge in [-0.2, -0.15) is 0 Å². The molecule has 122 valence electrons. The number of hydrogen-bond acceptors (Lipinski definition) is 3. The zero-order chi connectivity index (χ0) is 17.1. The molecule has 0 radical (unpaired) electrons. The highest BCUT2D eigenvalue weighted by molar-refractivity contribution is 7.09. The molecule has 2 aromatic carbocycles. The maximum absolute atomic E-state index is 12.1. The van der Waals surface area contributed by atoms with Crippen LogP contribution in [0.25, 0.3) is 11.3 Å².